The van der Waals surface area contributed by atoms with Crippen molar-refractivity contribution >= 4 is 25.8 Å². The van der Waals surface area contributed by atoms with Crippen LogP contribution in [0.1, 0.15) is 0 Å². The van der Waals surface area contributed by atoms with Crippen molar-refractivity contribution in [3.63, 3.8) is 0 Å². The topological polar surface area (TPSA) is 204 Å². The molecule has 0 aromatic rings. The van der Waals surface area contributed by atoms with Crippen LogP contribution < -0.4 is 5.73 Å². The number of carboxylic acids is 1. The van der Waals surface area contributed by atoms with Crippen LogP contribution in [-0.2, 0) is 18.6 Å². The van der Waals surface area contributed by atoms with Crippen LogP contribution in [0.25, 0.3) is 0 Å². The lowest BCUT2D eigenvalue weighted by atomic mass is 9.93. The minimum absolute atomic E-state index is 0.650. The molecule has 2 unspecified atom stereocenters. The van der Waals surface area contributed by atoms with Gasteiger partial charge in [0.1, 0.15) is 30.8 Å². The van der Waals surface area contributed by atoms with Gasteiger partial charge in [-0.25, -0.2) is 19.3 Å². The molecule has 2 aliphatic heterocycles. The Morgan fingerprint density at radius 3 is 2.68 bits per heavy atom. The van der Waals surface area contributed by atoms with E-state index in [2.05, 4.69) is 14.5 Å². The molecule has 0 aromatic carbocycles. The highest BCUT2D eigenvalue weighted by Crippen LogP contribution is 2.44. The molecule has 0 bridgehead atoms. The molecule has 22 heavy (non-hydrogen) atoms. The number of aliphatic carboxylic acids is 1. The quantitative estimate of drug-likeness (QED) is 0.277. The van der Waals surface area contributed by atoms with E-state index in [-0.39, 0.29) is 0 Å². The van der Waals surface area contributed by atoms with Crippen molar-refractivity contribution in [2.24, 2.45) is 15.7 Å². The molecule has 2 heterocycles. The first-order chi connectivity index (χ1) is 10.1. The fourth-order valence-electron chi connectivity index (χ4n) is 2.30. The summed E-state index contributed by atoms with van der Waals surface area (Å²) >= 11 is 0. The zero-order chi connectivity index (χ0) is 16.7. The Labute approximate surface area is 123 Å². The van der Waals surface area contributed by atoms with Crippen LogP contribution in [0.4, 0.5) is 0 Å². The second-order valence-electron chi connectivity index (χ2n) is 4.68. The van der Waals surface area contributed by atoms with E-state index < -0.39 is 56.2 Å². The van der Waals surface area contributed by atoms with Crippen molar-refractivity contribution in [1.82, 2.24) is 0 Å². The van der Waals surface area contributed by atoms with Crippen LogP contribution >= 0.6 is 7.82 Å². The Bertz CT molecular complexity index is 575. The molecule has 13 heteroatoms. The normalized spacial score (nSPS) is 38.3. The fourth-order valence-corrected chi connectivity index (χ4v) is 2.85. The monoisotopic (exact) mass is 339 g/mol. The number of nitrogens with two attached hydrogens (primary N) is 1. The smallest absolute Gasteiger partial charge is 0.470 e. The number of phosphoric ester groups is 1. The summed E-state index contributed by atoms with van der Waals surface area (Å²) in [6.45, 7) is -0.710. The second-order valence-corrected chi connectivity index (χ2v) is 5.87. The summed E-state index contributed by atoms with van der Waals surface area (Å²) in [5.74, 6) is -1.53. The maximum atomic E-state index is 11.1. The van der Waals surface area contributed by atoms with E-state index in [0.717, 1.165) is 6.34 Å². The molecular weight excluding hydrogens is 325 g/mol. The van der Waals surface area contributed by atoms with E-state index in [1.165, 1.54) is 0 Å². The molecule has 2 rings (SSSR count). The van der Waals surface area contributed by atoms with Crippen molar-refractivity contribution in [3.8, 4) is 0 Å². The average Bonchev–Trinajstić information content (AvgIpc) is 2.91. The lowest BCUT2D eigenvalue weighted by molar-refractivity contribution is -0.130. The van der Waals surface area contributed by atoms with Crippen LogP contribution in [0, 0.1) is 0 Å². The minimum atomic E-state index is -5.06. The van der Waals surface area contributed by atoms with Crippen LogP contribution in [0.2, 0.25) is 0 Å². The van der Waals surface area contributed by atoms with E-state index in [9.17, 15) is 14.5 Å². The third-order valence-corrected chi connectivity index (χ3v) is 3.77. The SMILES string of the molecule is NC1(C2O[C@H](CO)[C@@H](O)[C@H]2OP(=O)(O)O)N=CN=C1C(=O)O. The third-order valence-electron chi connectivity index (χ3n) is 3.25. The highest BCUT2D eigenvalue weighted by atomic mass is 31.2. The molecule has 124 valence electrons. The number of nitrogens with zero attached hydrogens (tertiary/aromatic N) is 2. The molecular formula is C9H14N3O9P. The number of aliphatic imine (C=N–C) groups is 2. The zero-order valence-corrected chi connectivity index (χ0v) is 11.8. The van der Waals surface area contributed by atoms with Crippen LogP contribution in [0.15, 0.2) is 9.98 Å². The van der Waals surface area contributed by atoms with Gasteiger partial charge < -0.3 is 29.8 Å². The molecule has 0 spiro atoms. The highest BCUT2D eigenvalue weighted by molar-refractivity contribution is 7.46. The minimum Gasteiger partial charge on any atom is -0.477 e. The maximum Gasteiger partial charge on any atom is 0.470 e. The number of carboxylic acid groups (broad SMARTS) is 1. The number of aliphatic hydroxyl groups is 2. The predicted octanol–water partition coefficient (Wildman–Crippen LogP) is -3.19. The predicted molar refractivity (Wildman–Crippen MR) is 69.2 cm³/mol. The van der Waals surface area contributed by atoms with Gasteiger partial charge in [0, 0.05) is 0 Å². The fraction of sp³-hybridized carbons (Fsp3) is 0.667. The Hall–Kier alpha value is -1.24. The number of phosphoric acid groups is 1. The Morgan fingerprint density at radius 1 is 1.55 bits per heavy atom. The highest BCUT2D eigenvalue weighted by Gasteiger charge is 2.59. The molecule has 12 nitrogen and oxygen atoms in total. The van der Waals surface area contributed by atoms with Crippen molar-refractivity contribution in [3.05, 3.63) is 0 Å². The van der Waals surface area contributed by atoms with Crippen LogP contribution in [0.3, 0.4) is 0 Å². The largest absolute Gasteiger partial charge is 0.477 e. The lowest BCUT2D eigenvalue weighted by Gasteiger charge is -2.31. The number of rotatable bonds is 5. The van der Waals surface area contributed by atoms with Gasteiger partial charge in [0.25, 0.3) is 0 Å². The first-order valence-electron chi connectivity index (χ1n) is 5.92. The average molecular weight is 339 g/mol. The van der Waals surface area contributed by atoms with E-state index in [1.54, 1.807) is 0 Å². The maximum absolute atomic E-state index is 11.1. The summed E-state index contributed by atoms with van der Waals surface area (Å²) in [6, 6.07) is 0. The number of hydrogen-bond donors (Lipinski definition) is 6. The van der Waals surface area contributed by atoms with Gasteiger partial charge in [-0.2, -0.15) is 0 Å². The first-order valence-corrected chi connectivity index (χ1v) is 7.45. The van der Waals surface area contributed by atoms with Gasteiger partial charge in [0.15, 0.2) is 11.4 Å². The Balaban J connectivity index is 2.38. The summed E-state index contributed by atoms with van der Waals surface area (Å²) in [4.78, 5) is 36.1. The Morgan fingerprint density at radius 2 is 2.18 bits per heavy atom. The van der Waals surface area contributed by atoms with Crippen LogP contribution in [-0.4, -0.2) is 79.8 Å². The number of carbonyl (C=O) groups is 1. The number of hydrogen-bond acceptors (Lipinski definition) is 9. The van der Waals surface area contributed by atoms with Crippen molar-refractivity contribution in [2.75, 3.05) is 6.61 Å². The molecule has 0 aliphatic carbocycles. The summed E-state index contributed by atoms with van der Waals surface area (Å²) in [7, 11) is -5.06. The summed E-state index contributed by atoms with van der Waals surface area (Å²) in [5, 5.41) is 28.1. The van der Waals surface area contributed by atoms with Gasteiger partial charge >= 0.3 is 13.8 Å². The molecule has 1 saturated heterocycles. The third kappa shape index (κ3) is 2.95. The Kier molecular flexibility index (Phi) is 4.48. The van der Waals surface area contributed by atoms with Crippen LogP contribution in [0.5, 0.6) is 0 Å². The number of aliphatic hydroxyl groups excluding tert-OH is 2. The van der Waals surface area contributed by atoms with Crippen molar-refractivity contribution < 1.29 is 43.7 Å². The lowest BCUT2D eigenvalue weighted by Crippen LogP contribution is -2.61. The van der Waals surface area contributed by atoms with Gasteiger partial charge in [-0.3, -0.25) is 10.3 Å². The van der Waals surface area contributed by atoms with Gasteiger partial charge in [-0.05, 0) is 0 Å². The molecule has 1 fully saturated rings. The number of ether oxygens (including phenoxy) is 1. The van der Waals surface area contributed by atoms with Gasteiger partial charge in [-0.15, -0.1) is 0 Å². The van der Waals surface area contributed by atoms with E-state index in [0.29, 0.717) is 0 Å². The second kappa shape index (κ2) is 5.76. The van der Waals surface area contributed by atoms with E-state index >= 15 is 0 Å². The molecule has 2 aliphatic rings. The van der Waals surface area contributed by atoms with Crippen molar-refractivity contribution in [2.45, 2.75) is 30.1 Å². The van der Waals surface area contributed by atoms with Crippen molar-refractivity contribution in [1.29, 1.82) is 0 Å². The molecule has 0 saturated carbocycles. The van der Waals surface area contributed by atoms with Gasteiger partial charge in [0.05, 0.1) is 6.61 Å². The summed E-state index contributed by atoms with van der Waals surface area (Å²) in [5.41, 5.74) is 3.06. The molecule has 0 amide bonds. The molecule has 7 N–H and O–H groups in total. The van der Waals surface area contributed by atoms with Gasteiger partial charge in [-0.1, -0.05) is 0 Å². The molecule has 0 aromatic heterocycles. The zero-order valence-electron chi connectivity index (χ0n) is 10.9. The van der Waals surface area contributed by atoms with E-state index in [1.807, 2.05) is 0 Å². The van der Waals surface area contributed by atoms with E-state index in [4.69, 9.17) is 30.5 Å². The van der Waals surface area contributed by atoms with Gasteiger partial charge in [0.2, 0.25) is 0 Å². The molecule has 0 radical (unpaired) electrons. The summed E-state index contributed by atoms with van der Waals surface area (Å²) < 4.78 is 20.7. The summed E-state index contributed by atoms with van der Waals surface area (Å²) in [6.07, 6.45) is -5.40. The molecule has 5 atom stereocenters. The standard InChI is InChI=1S/C9H14N3O9P/c10-9(6(8(15)16)11-2-12-9)7-5(21-22(17,18)19)4(14)3(1-13)20-7/h2-5,7,13-14H,1,10H2,(H,15,16)(H2,17,18,19)/t3-,4-,5-,7?,9?/m1/s1. The first kappa shape index (κ1) is 17.1.